The van der Waals surface area contributed by atoms with Gasteiger partial charge in [0.2, 0.25) is 0 Å². The SMILES string of the molecule is CCNC(=NCC1(NC(C)c2ccccc2)CCOCC1)NCCc1ncc(C)s1.I. The molecule has 1 aromatic heterocycles. The number of guanidine groups is 1. The van der Waals surface area contributed by atoms with E-state index in [0.29, 0.717) is 0 Å². The maximum absolute atomic E-state index is 5.66. The van der Waals surface area contributed by atoms with Gasteiger partial charge in [0, 0.05) is 55.4 Å². The molecule has 0 bridgehead atoms. The molecule has 0 radical (unpaired) electrons. The molecule has 0 saturated carbocycles. The zero-order valence-corrected chi connectivity index (χ0v) is 22.0. The van der Waals surface area contributed by atoms with Gasteiger partial charge in [0.25, 0.3) is 0 Å². The van der Waals surface area contributed by atoms with Crippen LogP contribution in [0.2, 0.25) is 0 Å². The summed E-state index contributed by atoms with van der Waals surface area (Å²) >= 11 is 1.76. The predicted octanol–water partition coefficient (Wildman–Crippen LogP) is 4.07. The molecular formula is C23H36IN5OS. The highest BCUT2D eigenvalue weighted by Gasteiger charge is 2.34. The number of aromatic nitrogens is 1. The molecule has 2 aromatic rings. The number of hydrogen-bond donors (Lipinski definition) is 3. The van der Waals surface area contributed by atoms with Crippen molar-refractivity contribution in [3.63, 3.8) is 0 Å². The third-order valence-electron chi connectivity index (χ3n) is 5.46. The van der Waals surface area contributed by atoms with Crippen LogP contribution in [0.4, 0.5) is 0 Å². The molecule has 1 saturated heterocycles. The van der Waals surface area contributed by atoms with Crippen LogP contribution in [0.1, 0.15) is 48.2 Å². The highest BCUT2D eigenvalue weighted by atomic mass is 127. The average molecular weight is 558 g/mol. The molecule has 1 aliphatic rings. The second kappa shape index (κ2) is 13.3. The fourth-order valence-electron chi connectivity index (χ4n) is 3.77. The highest BCUT2D eigenvalue weighted by molar-refractivity contribution is 14.0. The first-order valence-corrected chi connectivity index (χ1v) is 11.8. The number of benzene rings is 1. The van der Waals surface area contributed by atoms with Crippen LogP contribution in [0.15, 0.2) is 41.5 Å². The van der Waals surface area contributed by atoms with Crippen molar-refractivity contribution in [2.24, 2.45) is 4.99 Å². The average Bonchev–Trinajstić information content (AvgIpc) is 3.18. The molecule has 0 aliphatic carbocycles. The van der Waals surface area contributed by atoms with Crippen molar-refractivity contribution in [1.82, 2.24) is 20.9 Å². The van der Waals surface area contributed by atoms with Crippen LogP contribution in [-0.4, -0.2) is 49.3 Å². The molecule has 2 heterocycles. The Bertz CT molecular complexity index is 792. The van der Waals surface area contributed by atoms with Crippen molar-refractivity contribution in [3.8, 4) is 0 Å². The van der Waals surface area contributed by atoms with Gasteiger partial charge in [-0.3, -0.25) is 4.99 Å². The number of aryl methyl sites for hydroxylation is 1. The summed E-state index contributed by atoms with van der Waals surface area (Å²) in [7, 11) is 0. The minimum Gasteiger partial charge on any atom is -0.381 e. The van der Waals surface area contributed by atoms with E-state index in [9.17, 15) is 0 Å². The van der Waals surface area contributed by atoms with Gasteiger partial charge in [-0.1, -0.05) is 30.3 Å². The van der Waals surface area contributed by atoms with Crippen molar-refractivity contribution in [2.45, 2.75) is 51.6 Å². The predicted molar refractivity (Wildman–Crippen MR) is 141 cm³/mol. The van der Waals surface area contributed by atoms with Crippen LogP contribution in [-0.2, 0) is 11.2 Å². The Kier molecular flexibility index (Phi) is 11.2. The van der Waals surface area contributed by atoms with Crippen LogP contribution < -0.4 is 16.0 Å². The van der Waals surface area contributed by atoms with Gasteiger partial charge in [-0.15, -0.1) is 35.3 Å². The number of nitrogens with one attached hydrogen (secondary N) is 3. The molecule has 3 N–H and O–H groups in total. The lowest BCUT2D eigenvalue weighted by Crippen LogP contribution is -2.53. The molecule has 31 heavy (non-hydrogen) atoms. The van der Waals surface area contributed by atoms with E-state index in [4.69, 9.17) is 9.73 Å². The molecule has 1 fully saturated rings. The largest absolute Gasteiger partial charge is 0.381 e. The lowest BCUT2D eigenvalue weighted by Gasteiger charge is -2.39. The molecule has 6 nitrogen and oxygen atoms in total. The third-order valence-corrected chi connectivity index (χ3v) is 6.43. The van der Waals surface area contributed by atoms with E-state index in [1.807, 2.05) is 6.20 Å². The Hall–Kier alpha value is -1.23. The van der Waals surface area contributed by atoms with Gasteiger partial charge in [-0.2, -0.15) is 0 Å². The summed E-state index contributed by atoms with van der Waals surface area (Å²) in [5.74, 6) is 0.866. The summed E-state index contributed by atoms with van der Waals surface area (Å²) in [6.07, 6.45) is 4.77. The summed E-state index contributed by atoms with van der Waals surface area (Å²) in [6.45, 7) is 10.4. The van der Waals surface area contributed by atoms with Crippen LogP contribution >= 0.6 is 35.3 Å². The maximum atomic E-state index is 5.66. The molecular weight excluding hydrogens is 521 g/mol. The van der Waals surface area contributed by atoms with Crippen molar-refractivity contribution in [1.29, 1.82) is 0 Å². The smallest absolute Gasteiger partial charge is 0.191 e. The molecule has 0 amide bonds. The van der Waals surface area contributed by atoms with E-state index in [1.54, 1.807) is 11.3 Å². The zero-order chi connectivity index (χ0) is 21.2. The van der Waals surface area contributed by atoms with E-state index >= 15 is 0 Å². The number of thiazole rings is 1. The molecule has 1 aromatic carbocycles. The van der Waals surface area contributed by atoms with Gasteiger partial charge < -0.3 is 20.7 Å². The standard InChI is InChI=1S/C23H35N5OS.HI/c1-4-24-22(25-13-10-21-26-16-18(2)30-21)27-17-23(11-14-29-15-12-23)28-19(3)20-8-6-5-7-9-20;/h5-9,16,19,28H,4,10-15,17H2,1-3H3,(H2,24,25,27);1H. The lowest BCUT2D eigenvalue weighted by molar-refractivity contribution is 0.0374. The monoisotopic (exact) mass is 557 g/mol. The van der Waals surface area contributed by atoms with Gasteiger partial charge in [0.05, 0.1) is 11.6 Å². The summed E-state index contributed by atoms with van der Waals surface area (Å²) in [6, 6.07) is 10.9. The summed E-state index contributed by atoms with van der Waals surface area (Å²) in [5.41, 5.74) is 1.25. The number of ether oxygens (including phenoxy) is 1. The third kappa shape index (κ3) is 8.32. The van der Waals surface area contributed by atoms with Crippen molar-refractivity contribution >= 4 is 41.3 Å². The van der Waals surface area contributed by atoms with Crippen molar-refractivity contribution in [3.05, 3.63) is 52.0 Å². The summed E-state index contributed by atoms with van der Waals surface area (Å²) < 4.78 is 5.66. The molecule has 0 spiro atoms. The number of nitrogens with zero attached hydrogens (tertiary/aromatic N) is 2. The van der Waals surface area contributed by atoms with E-state index < -0.39 is 0 Å². The lowest BCUT2D eigenvalue weighted by atomic mass is 9.88. The molecule has 8 heteroatoms. The van der Waals surface area contributed by atoms with Crippen molar-refractivity contribution < 1.29 is 4.74 Å². The van der Waals surface area contributed by atoms with E-state index in [2.05, 4.69) is 72.0 Å². The second-order valence-electron chi connectivity index (χ2n) is 7.91. The summed E-state index contributed by atoms with van der Waals surface area (Å²) in [4.78, 5) is 10.7. The van der Waals surface area contributed by atoms with Gasteiger partial charge in [0.1, 0.15) is 0 Å². The van der Waals surface area contributed by atoms with E-state index in [0.717, 1.165) is 63.1 Å². The normalized spacial score (nSPS) is 16.9. The zero-order valence-electron chi connectivity index (χ0n) is 18.8. The first-order chi connectivity index (χ1) is 14.6. The maximum Gasteiger partial charge on any atom is 0.191 e. The van der Waals surface area contributed by atoms with Gasteiger partial charge in [0.15, 0.2) is 5.96 Å². The number of aliphatic imine (C=N–C) groups is 1. The molecule has 1 unspecified atom stereocenters. The number of halogens is 1. The van der Waals surface area contributed by atoms with Crippen LogP contribution in [0.25, 0.3) is 0 Å². The fraction of sp³-hybridized carbons (Fsp3) is 0.565. The molecule has 172 valence electrons. The minimum atomic E-state index is -0.0533. The second-order valence-corrected chi connectivity index (χ2v) is 9.23. The van der Waals surface area contributed by atoms with Crippen LogP contribution in [0, 0.1) is 6.92 Å². The van der Waals surface area contributed by atoms with E-state index in [1.165, 1.54) is 10.4 Å². The Balaban J connectivity index is 0.00000341. The summed E-state index contributed by atoms with van der Waals surface area (Å²) in [5, 5.41) is 11.9. The Morgan fingerprint density at radius 3 is 2.61 bits per heavy atom. The Labute approximate surface area is 207 Å². The number of hydrogen-bond acceptors (Lipinski definition) is 5. The topological polar surface area (TPSA) is 70.6 Å². The molecule has 1 atom stereocenters. The Morgan fingerprint density at radius 2 is 1.97 bits per heavy atom. The first kappa shape index (κ1) is 26.0. The fourth-order valence-corrected chi connectivity index (χ4v) is 4.56. The highest BCUT2D eigenvalue weighted by Crippen LogP contribution is 2.26. The van der Waals surface area contributed by atoms with Gasteiger partial charge >= 0.3 is 0 Å². The van der Waals surface area contributed by atoms with Gasteiger partial charge in [-0.25, -0.2) is 4.98 Å². The molecule has 1 aliphatic heterocycles. The van der Waals surface area contributed by atoms with Gasteiger partial charge in [-0.05, 0) is 39.2 Å². The van der Waals surface area contributed by atoms with Crippen molar-refractivity contribution in [2.75, 3.05) is 32.8 Å². The molecule has 3 rings (SSSR count). The van der Waals surface area contributed by atoms with Crippen LogP contribution in [0.5, 0.6) is 0 Å². The quantitative estimate of drug-likeness (QED) is 0.247. The van der Waals surface area contributed by atoms with E-state index in [-0.39, 0.29) is 35.6 Å². The minimum absolute atomic E-state index is 0. The number of rotatable bonds is 9. The Morgan fingerprint density at radius 1 is 1.23 bits per heavy atom. The van der Waals surface area contributed by atoms with Crippen LogP contribution in [0.3, 0.4) is 0 Å². The first-order valence-electron chi connectivity index (χ1n) is 10.9.